The molecular formula is C31H31FN2O5. The van der Waals surface area contributed by atoms with Crippen LogP contribution in [0.3, 0.4) is 0 Å². The van der Waals surface area contributed by atoms with Crippen LogP contribution in [0.25, 0.3) is 0 Å². The second-order valence-corrected chi connectivity index (χ2v) is 10.7. The highest BCUT2D eigenvalue weighted by molar-refractivity contribution is 6.03. The predicted octanol–water partition coefficient (Wildman–Crippen LogP) is 4.03. The van der Waals surface area contributed by atoms with Gasteiger partial charge in [0.25, 0.3) is 0 Å². The van der Waals surface area contributed by atoms with E-state index in [1.807, 2.05) is 11.9 Å². The Bertz CT molecular complexity index is 1370. The predicted molar refractivity (Wildman–Crippen MR) is 143 cm³/mol. The molecule has 0 saturated carbocycles. The summed E-state index contributed by atoms with van der Waals surface area (Å²) in [5.41, 5.74) is 1.37. The number of carbonyl (C=O) groups excluding carboxylic acids is 3. The number of benzene rings is 3. The second kappa shape index (κ2) is 10.6. The summed E-state index contributed by atoms with van der Waals surface area (Å²) in [6.07, 6.45) is 0. The summed E-state index contributed by atoms with van der Waals surface area (Å²) in [4.78, 5) is 45.3. The van der Waals surface area contributed by atoms with E-state index in [0.717, 1.165) is 0 Å². The van der Waals surface area contributed by atoms with E-state index in [2.05, 4.69) is 0 Å². The highest BCUT2D eigenvalue weighted by Crippen LogP contribution is 2.43. The van der Waals surface area contributed by atoms with Gasteiger partial charge in [-0.05, 0) is 55.4 Å². The first-order valence-electron chi connectivity index (χ1n) is 13.0. The summed E-state index contributed by atoms with van der Waals surface area (Å²) < 4.78 is 14.8. The lowest BCUT2D eigenvalue weighted by atomic mass is 9.67. The molecule has 2 fully saturated rings. The van der Waals surface area contributed by atoms with Gasteiger partial charge in [0.2, 0.25) is 5.91 Å². The molecule has 3 atom stereocenters. The number of Topliss-reactive ketones (excluding diaryl/α,β-unsaturated/α-hetero) is 2. The van der Waals surface area contributed by atoms with Crippen LogP contribution in [0.5, 0.6) is 11.5 Å². The molecular weight excluding hydrogens is 499 g/mol. The van der Waals surface area contributed by atoms with Crippen molar-refractivity contribution < 1.29 is 29.0 Å². The lowest BCUT2D eigenvalue weighted by molar-refractivity contribution is -0.143. The summed E-state index contributed by atoms with van der Waals surface area (Å²) in [5.74, 6) is -4.09. The van der Waals surface area contributed by atoms with Crippen LogP contribution in [0, 0.1) is 30.5 Å². The summed E-state index contributed by atoms with van der Waals surface area (Å²) in [7, 11) is 1.92. The zero-order chi connectivity index (χ0) is 27.8. The smallest absolute Gasteiger partial charge is 0.228 e. The van der Waals surface area contributed by atoms with Crippen molar-refractivity contribution in [2.75, 3.05) is 33.2 Å². The third-order valence-corrected chi connectivity index (χ3v) is 8.03. The lowest BCUT2D eigenvalue weighted by Crippen LogP contribution is -2.58. The van der Waals surface area contributed by atoms with Gasteiger partial charge in [-0.25, -0.2) is 4.39 Å². The molecule has 0 bridgehead atoms. The quantitative estimate of drug-likeness (QED) is 0.467. The molecule has 8 heteroatoms. The second-order valence-electron chi connectivity index (χ2n) is 10.7. The molecule has 3 aromatic carbocycles. The van der Waals surface area contributed by atoms with Gasteiger partial charge in [-0.3, -0.25) is 14.4 Å². The molecule has 2 aliphatic heterocycles. The van der Waals surface area contributed by atoms with Crippen LogP contribution in [0.15, 0.2) is 66.7 Å². The number of piperidine rings is 1. The van der Waals surface area contributed by atoms with Crippen molar-refractivity contribution in [1.29, 1.82) is 0 Å². The molecule has 0 aromatic heterocycles. The fourth-order valence-corrected chi connectivity index (χ4v) is 6.01. The van der Waals surface area contributed by atoms with E-state index < -0.39 is 23.6 Å². The molecule has 1 unspecified atom stereocenters. The maximum Gasteiger partial charge on any atom is 0.228 e. The Kier molecular flexibility index (Phi) is 7.23. The Morgan fingerprint density at radius 1 is 0.795 bits per heavy atom. The number of hydrogen-bond acceptors (Lipinski definition) is 6. The summed E-state index contributed by atoms with van der Waals surface area (Å²) in [6.45, 7) is 2.95. The maximum absolute atomic E-state index is 14.8. The first kappa shape index (κ1) is 26.6. The van der Waals surface area contributed by atoms with Gasteiger partial charge in [-0.15, -0.1) is 0 Å². The third-order valence-electron chi connectivity index (χ3n) is 8.03. The number of phenolic OH excluding ortho intramolecular Hbond substituents is 2. The van der Waals surface area contributed by atoms with Crippen molar-refractivity contribution in [3.8, 4) is 11.5 Å². The van der Waals surface area contributed by atoms with Crippen molar-refractivity contribution in [2.45, 2.75) is 12.8 Å². The normalized spacial score (nSPS) is 21.8. The monoisotopic (exact) mass is 530 g/mol. The Hall–Kier alpha value is -4.04. The number of hydrogen-bond donors (Lipinski definition) is 2. The number of likely N-dealkylation sites (tertiary alicyclic amines) is 2. The van der Waals surface area contributed by atoms with Gasteiger partial charge in [0.15, 0.2) is 11.6 Å². The van der Waals surface area contributed by atoms with Crippen molar-refractivity contribution >= 4 is 17.5 Å². The fraction of sp³-hybridized carbons (Fsp3) is 0.323. The minimum atomic E-state index is -0.867. The van der Waals surface area contributed by atoms with E-state index in [-0.39, 0.29) is 59.1 Å². The number of halogens is 1. The average molecular weight is 531 g/mol. The SMILES string of the molecule is Cc1c(F)cccc1[C@@H]1C(C(=O)c2cccc(O)c2)CN(C(=O)C2CN(C)C2)C[C@@H]1C(=O)c1cccc(O)c1. The molecule has 0 spiro atoms. The number of phenols is 2. The van der Waals surface area contributed by atoms with E-state index in [9.17, 15) is 29.0 Å². The third kappa shape index (κ3) is 5.16. The van der Waals surface area contributed by atoms with Crippen LogP contribution >= 0.6 is 0 Å². The molecule has 1 amide bonds. The Morgan fingerprint density at radius 3 is 1.79 bits per heavy atom. The maximum atomic E-state index is 14.8. The summed E-state index contributed by atoms with van der Waals surface area (Å²) in [5, 5.41) is 20.1. The molecule has 202 valence electrons. The highest BCUT2D eigenvalue weighted by Gasteiger charge is 2.48. The van der Waals surface area contributed by atoms with Crippen LogP contribution in [0.1, 0.15) is 37.8 Å². The van der Waals surface area contributed by atoms with Crippen molar-refractivity contribution in [2.24, 2.45) is 17.8 Å². The molecule has 2 heterocycles. The summed E-state index contributed by atoms with van der Waals surface area (Å²) in [6, 6.07) is 16.6. The zero-order valence-corrected chi connectivity index (χ0v) is 21.9. The number of rotatable bonds is 6. The standard InChI is InChI=1S/C31H31FN2O5/c1-18-24(10-5-11-27(18)32)28-25(29(37)19-6-3-8-22(35)12-19)16-34(31(39)21-14-33(2)15-21)17-26(28)30(38)20-7-4-9-23(36)13-20/h3-13,21,25-26,28,35-36H,14-17H2,1-2H3/t25-,26?,28-/m0/s1. The van der Waals surface area contributed by atoms with Crippen LogP contribution < -0.4 is 0 Å². The molecule has 5 rings (SSSR count). The first-order valence-corrected chi connectivity index (χ1v) is 13.0. The Balaban J connectivity index is 1.64. The van der Waals surface area contributed by atoms with Crippen molar-refractivity contribution in [1.82, 2.24) is 9.80 Å². The van der Waals surface area contributed by atoms with E-state index in [4.69, 9.17) is 0 Å². The molecule has 7 nitrogen and oxygen atoms in total. The largest absolute Gasteiger partial charge is 0.508 e. The number of nitrogens with zero attached hydrogens (tertiary/aromatic N) is 2. The molecule has 39 heavy (non-hydrogen) atoms. The van der Waals surface area contributed by atoms with Gasteiger partial charge in [0, 0.05) is 55.1 Å². The zero-order valence-electron chi connectivity index (χ0n) is 21.9. The van der Waals surface area contributed by atoms with Gasteiger partial charge in [0.05, 0.1) is 5.92 Å². The van der Waals surface area contributed by atoms with E-state index >= 15 is 0 Å². The van der Waals surface area contributed by atoms with Gasteiger partial charge < -0.3 is 20.0 Å². The molecule has 2 aliphatic rings. The van der Waals surface area contributed by atoms with Gasteiger partial charge in [-0.1, -0.05) is 36.4 Å². The number of amides is 1. The van der Waals surface area contributed by atoms with Gasteiger partial charge >= 0.3 is 0 Å². The minimum absolute atomic E-state index is 0.0674. The molecule has 0 radical (unpaired) electrons. The van der Waals surface area contributed by atoms with E-state index in [1.165, 1.54) is 30.3 Å². The van der Waals surface area contributed by atoms with E-state index in [0.29, 0.717) is 24.2 Å². The first-order chi connectivity index (χ1) is 18.6. The molecule has 2 N–H and O–H groups in total. The Morgan fingerprint density at radius 2 is 1.31 bits per heavy atom. The Labute approximate surface area is 226 Å². The topological polar surface area (TPSA) is 98.2 Å². The highest BCUT2D eigenvalue weighted by atomic mass is 19.1. The molecule has 0 aliphatic carbocycles. The average Bonchev–Trinajstić information content (AvgIpc) is 2.91. The van der Waals surface area contributed by atoms with Crippen LogP contribution in [0.2, 0.25) is 0 Å². The lowest BCUT2D eigenvalue weighted by Gasteiger charge is -2.46. The van der Waals surface area contributed by atoms with Crippen LogP contribution in [0.4, 0.5) is 4.39 Å². The minimum Gasteiger partial charge on any atom is -0.508 e. The van der Waals surface area contributed by atoms with Crippen molar-refractivity contribution in [3.63, 3.8) is 0 Å². The van der Waals surface area contributed by atoms with Crippen LogP contribution in [-0.2, 0) is 4.79 Å². The van der Waals surface area contributed by atoms with E-state index in [1.54, 1.807) is 48.2 Å². The molecule has 2 saturated heterocycles. The summed E-state index contributed by atoms with van der Waals surface area (Å²) >= 11 is 0. The van der Waals surface area contributed by atoms with Crippen molar-refractivity contribution in [3.05, 3.63) is 94.8 Å². The number of ketones is 2. The number of carbonyl (C=O) groups is 3. The molecule has 3 aromatic rings. The number of aromatic hydroxyl groups is 2. The van der Waals surface area contributed by atoms with Crippen LogP contribution in [-0.4, -0.2) is 70.7 Å². The van der Waals surface area contributed by atoms with Gasteiger partial charge in [-0.2, -0.15) is 0 Å². The van der Waals surface area contributed by atoms with Gasteiger partial charge in [0.1, 0.15) is 17.3 Å². The fourth-order valence-electron chi connectivity index (χ4n) is 6.01.